The van der Waals surface area contributed by atoms with Crippen LogP contribution in [0.4, 0.5) is 4.79 Å². The van der Waals surface area contributed by atoms with Gasteiger partial charge in [-0.05, 0) is 20.3 Å². The largest absolute Gasteiger partial charge is 0.480 e. The monoisotopic (exact) mass is 294 g/mol. The van der Waals surface area contributed by atoms with Crippen LogP contribution in [0.2, 0.25) is 0 Å². The second-order valence-electron chi connectivity index (χ2n) is 4.72. The van der Waals surface area contributed by atoms with Crippen LogP contribution < -0.4 is 5.32 Å². The lowest BCUT2D eigenvalue weighted by Gasteiger charge is -2.28. The van der Waals surface area contributed by atoms with E-state index in [1.807, 2.05) is 6.92 Å². The van der Waals surface area contributed by atoms with E-state index in [4.69, 9.17) is 5.11 Å². The van der Waals surface area contributed by atoms with Gasteiger partial charge in [0.1, 0.15) is 16.4 Å². The van der Waals surface area contributed by atoms with Gasteiger partial charge in [-0.3, -0.25) is 4.79 Å². The lowest BCUT2D eigenvalue weighted by Crippen LogP contribution is -2.50. The number of aliphatic carboxylic acids is 1. The Morgan fingerprint density at radius 1 is 1.32 bits per heavy atom. The third kappa shape index (κ3) is 7.66. The number of nitrogens with one attached hydrogen (secondary N) is 1. The van der Waals surface area contributed by atoms with E-state index in [2.05, 4.69) is 5.32 Å². The first-order chi connectivity index (χ1) is 8.56. The molecule has 0 aromatic heterocycles. The lowest BCUT2D eigenvalue weighted by atomic mass is 10.2. The van der Waals surface area contributed by atoms with Crippen molar-refractivity contribution >= 4 is 21.8 Å². The standard InChI is InChI=1S/C11H22N2O5S/c1-5-9(3)13(6-10(14)15)11(16)12-8(2)7-19(4,17)18/h8-9H,5-7H2,1-4H3,(H,12,16)(H,14,15). The minimum Gasteiger partial charge on any atom is -0.480 e. The van der Waals surface area contributed by atoms with Gasteiger partial charge in [-0.25, -0.2) is 13.2 Å². The molecule has 0 fully saturated rings. The number of carboxylic acid groups (broad SMARTS) is 1. The fourth-order valence-corrected chi connectivity index (χ4v) is 2.57. The van der Waals surface area contributed by atoms with E-state index in [1.54, 1.807) is 13.8 Å². The molecule has 0 aliphatic heterocycles. The molecular formula is C11H22N2O5S. The van der Waals surface area contributed by atoms with E-state index >= 15 is 0 Å². The summed E-state index contributed by atoms with van der Waals surface area (Å²) in [5.74, 6) is -1.29. The average molecular weight is 294 g/mol. The third-order valence-corrected chi connectivity index (χ3v) is 3.72. The minimum atomic E-state index is -3.19. The maximum atomic E-state index is 11.9. The van der Waals surface area contributed by atoms with E-state index < -0.39 is 34.4 Å². The summed E-state index contributed by atoms with van der Waals surface area (Å²) in [6.45, 7) is 4.73. The number of sulfone groups is 1. The normalized spacial score (nSPS) is 14.5. The van der Waals surface area contributed by atoms with Crippen molar-refractivity contribution in [3.63, 3.8) is 0 Å². The van der Waals surface area contributed by atoms with Gasteiger partial charge in [-0.1, -0.05) is 6.92 Å². The average Bonchev–Trinajstić information content (AvgIpc) is 2.21. The lowest BCUT2D eigenvalue weighted by molar-refractivity contribution is -0.138. The highest BCUT2D eigenvalue weighted by atomic mass is 32.2. The highest BCUT2D eigenvalue weighted by Gasteiger charge is 2.23. The van der Waals surface area contributed by atoms with Crippen molar-refractivity contribution in [1.82, 2.24) is 10.2 Å². The Bertz CT molecular complexity index is 421. The number of carbonyl (C=O) groups excluding carboxylic acids is 1. The highest BCUT2D eigenvalue weighted by Crippen LogP contribution is 2.04. The van der Waals surface area contributed by atoms with Crippen molar-refractivity contribution in [2.75, 3.05) is 18.6 Å². The molecule has 0 aliphatic rings. The van der Waals surface area contributed by atoms with Crippen LogP contribution in [0.25, 0.3) is 0 Å². The molecule has 2 atom stereocenters. The van der Waals surface area contributed by atoms with Crippen molar-refractivity contribution in [2.45, 2.75) is 39.3 Å². The molecule has 2 amide bonds. The first kappa shape index (κ1) is 17.7. The Hall–Kier alpha value is -1.31. The summed E-state index contributed by atoms with van der Waals surface area (Å²) >= 11 is 0. The van der Waals surface area contributed by atoms with Gasteiger partial charge in [0, 0.05) is 18.3 Å². The topological polar surface area (TPSA) is 104 Å². The van der Waals surface area contributed by atoms with E-state index in [1.165, 1.54) is 4.90 Å². The first-order valence-corrected chi connectivity index (χ1v) is 8.09. The minimum absolute atomic E-state index is 0.180. The predicted molar refractivity (Wildman–Crippen MR) is 71.8 cm³/mol. The number of hydrogen-bond acceptors (Lipinski definition) is 4. The molecule has 7 nitrogen and oxygen atoms in total. The molecule has 19 heavy (non-hydrogen) atoms. The van der Waals surface area contributed by atoms with Gasteiger partial charge < -0.3 is 15.3 Å². The molecule has 0 bridgehead atoms. The molecule has 0 aromatic carbocycles. The van der Waals surface area contributed by atoms with Gasteiger partial charge in [-0.15, -0.1) is 0 Å². The maximum Gasteiger partial charge on any atom is 0.323 e. The summed E-state index contributed by atoms with van der Waals surface area (Å²) in [4.78, 5) is 23.8. The number of rotatable bonds is 7. The zero-order chi connectivity index (χ0) is 15.2. The molecule has 0 saturated carbocycles. The predicted octanol–water partition coefficient (Wildman–Crippen LogP) is 0.314. The zero-order valence-corrected chi connectivity index (χ0v) is 12.5. The molecule has 0 spiro atoms. The van der Waals surface area contributed by atoms with Crippen LogP contribution in [0.15, 0.2) is 0 Å². The number of hydrogen-bond donors (Lipinski definition) is 2. The molecule has 0 rings (SSSR count). The van der Waals surface area contributed by atoms with Gasteiger partial charge in [-0.2, -0.15) is 0 Å². The van der Waals surface area contributed by atoms with Crippen molar-refractivity contribution in [3.05, 3.63) is 0 Å². The summed E-state index contributed by atoms with van der Waals surface area (Å²) in [7, 11) is -3.19. The van der Waals surface area contributed by atoms with Gasteiger partial charge >= 0.3 is 12.0 Å². The van der Waals surface area contributed by atoms with Crippen molar-refractivity contribution < 1.29 is 23.1 Å². The molecule has 0 saturated heterocycles. The summed E-state index contributed by atoms with van der Waals surface area (Å²) in [5.41, 5.74) is 0. The highest BCUT2D eigenvalue weighted by molar-refractivity contribution is 7.90. The second kappa shape index (κ2) is 7.32. The molecule has 2 N–H and O–H groups in total. The molecular weight excluding hydrogens is 272 g/mol. The van der Waals surface area contributed by atoms with Crippen molar-refractivity contribution in [2.24, 2.45) is 0 Å². The van der Waals surface area contributed by atoms with Gasteiger partial charge in [0.15, 0.2) is 0 Å². The van der Waals surface area contributed by atoms with Gasteiger partial charge in [0.05, 0.1) is 5.75 Å². The molecule has 112 valence electrons. The Balaban J connectivity index is 4.68. The van der Waals surface area contributed by atoms with Gasteiger partial charge in [0.25, 0.3) is 0 Å². The first-order valence-electron chi connectivity index (χ1n) is 6.03. The van der Waals surface area contributed by atoms with Crippen LogP contribution in [-0.4, -0.2) is 61.1 Å². The van der Waals surface area contributed by atoms with Crippen LogP contribution in [-0.2, 0) is 14.6 Å². The Morgan fingerprint density at radius 2 is 1.84 bits per heavy atom. The fourth-order valence-electron chi connectivity index (χ4n) is 1.58. The van der Waals surface area contributed by atoms with Crippen LogP contribution in [0.3, 0.4) is 0 Å². The second-order valence-corrected chi connectivity index (χ2v) is 6.91. The quantitative estimate of drug-likeness (QED) is 0.703. The van der Waals surface area contributed by atoms with Crippen LogP contribution in [0, 0.1) is 0 Å². The molecule has 0 aromatic rings. The van der Waals surface area contributed by atoms with E-state index in [0.29, 0.717) is 6.42 Å². The Kier molecular flexibility index (Phi) is 6.82. The summed E-state index contributed by atoms with van der Waals surface area (Å²) in [6, 6.07) is -1.36. The SMILES string of the molecule is CCC(C)N(CC(=O)O)C(=O)NC(C)CS(C)(=O)=O. The molecule has 0 heterocycles. The third-order valence-electron chi connectivity index (χ3n) is 2.61. The summed E-state index contributed by atoms with van der Waals surface area (Å²) < 4.78 is 22.2. The van der Waals surface area contributed by atoms with Crippen molar-refractivity contribution in [3.8, 4) is 0 Å². The molecule has 0 radical (unpaired) electrons. The van der Waals surface area contributed by atoms with Crippen LogP contribution >= 0.6 is 0 Å². The summed E-state index contributed by atoms with van der Waals surface area (Å²) in [6.07, 6.45) is 1.69. The smallest absolute Gasteiger partial charge is 0.323 e. The number of nitrogens with zero attached hydrogens (tertiary/aromatic N) is 1. The number of amides is 2. The number of urea groups is 1. The number of carboxylic acids is 1. The summed E-state index contributed by atoms with van der Waals surface area (Å²) in [5, 5.41) is 11.3. The van der Waals surface area contributed by atoms with Crippen molar-refractivity contribution in [1.29, 1.82) is 0 Å². The fraction of sp³-hybridized carbons (Fsp3) is 0.818. The van der Waals surface area contributed by atoms with E-state index in [0.717, 1.165) is 6.26 Å². The Morgan fingerprint density at radius 3 is 2.21 bits per heavy atom. The van der Waals surface area contributed by atoms with Gasteiger partial charge in [0.2, 0.25) is 0 Å². The Labute approximate surface area is 113 Å². The molecule has 2 unspecified atom stereocenters. The van der Waals surface area contributed by atoms with E-state index in [-0.39, 0.29) is 11.8 Å². The molecule has 0 aliphatic carbocycles. The van der Waals surface area contributed by atoms with E-state index in [9.17, 15) is 18.0 Å². The number of carbonyl (C=O) groups is 2. The zero-order valence-electron chi connectivity index (χ0n) is 11.7. The van der Waals surface area contributed by atoms with Crippen LogP contribution in [0.1, 0.15) is 27.2 Å². The molecule has 8 heteroatoms. The maximum absolute atomic E-state index is 11.9. The van der Waals surface area contributed by atoms with Crippen LogP contribution in [0.5, 0.6) is 0 Å².